The van der Waals surface area contributed by atoms with E-state index in [1.165, 1.54) is 0 Å². The minimum absolute atomic E-state index is 0.252. The first-order chi connectivity index (χ1) is 12.3. The molecule has 0 heterocycles. The van der Waals surface area contributed by atoms with Crippen molar-refractivity contribution in [2.45, 2.75) is 20.9 Å². The van der Waals surface area contributed by atoms with Crippen LogP contribution in [0.1, 0.15) is 17.2 Å². The maximum atomic E-state index is 13.7. The molecule has 3 aromatic rings. The molecule has 0 amide bonds. The van der Waals surface area contributed by atoms with Crippen molar-refractivity contribution in [2.24, 2.45) is 5.92 Å². The summed E-state index contributed by atoms with van der Waals surface area (Å²) in [5, 5.41) is 1.03. The molecule has 0 aliphatic heterocycles. The fraction of sp³-hybridized carbons (Fsp3) is 0.200. The topological polar surface area (TPSA) is 34.1 Å². The summed E-state index contributed by atoms with van der Waals surface area (Å²) in [6.07, 6.45) is 0.445. The molecule has 0 saturated heterocycles. The summed E-state index contributed by atoms with van der Waals surface area (Å²) >= 11 is 18.8. The molecule has 1 saturated carbocycles. The Kier molecular flexibility index (Phi) is 4.47. The van der Waals surface area contributed by atoms with Crippen molar-refractivity contribution in [3.8, 4) is 0 Å². The van der Waals surface area contributed by atoms with Crippen LogP contribution < -0.4 is 0 Å². The van der Waals surface area contributed by atoms with Gasteiger partial charge in [0.05, 0.1) is 10.1 Å². The number of hydrogen-bond acceptors (Lipinski definition) is 2. The lowest BCUT2D eigenvalue weighted by molar-refractivity contribution is 0.571. The normalized spacial score (nSPS) is 20.0. The molecule has 6 heteroatoms. The number of fused-ring (bicyclic) bond motifs is 1. The molecule has 3 aromatic carbocycles. The van der Waals surface area contributed by atoms with Crippen LogP contribution in [0.3, 0.4) is 0 Å². The van der Waals surface area contributed by atoms with E-state index in [9.17, 15) is 8.42 Å². The fourth-order valence-electron chi connectivity index (χ4n) is 3.45. The Morgan fingerprint density at radius 3 is 2.08 bits per heavy atom. The lowest BCUT2D eigenvalue weighted by atomic mass is 10.1. The smallest absolute Gasteiger partial charge is 0.186 e. The number of halogens is 3. The van der Waals surface area contributed by atoms with E-state index in [-0.39, 0.29) is 10.8 Å². The van der Waals surface area contributed by atoms with Gasteiger partial charge in [-0.15, -0.1) is 23.2 Å². The lowest BCUT2D eigenvalue weighted by Crippen LogP contribution is -2.18. The van der Waals surface area contributed by atoms with Crippen molar-refractivity contribution in [3.63, 3.8) is 0 Å². The van der Waals surface area contributed by atoms with Crippen molar-refractivity contribution < 1.29 is 8.42 Å². The molecule has 1 aliphatic rings. The number of sulfone groups is 1. The van der Waals surface area contributed by atoms with Crippen LogP contribution in [0.2, 0.25) is 5.02 Å². The van der Waals surface area contributed by atoms with Crippen LogP contribution in [-0.4, -0.2) is 12.8 Å². The molecule has 0 aromatic heterocycles. The van der Waals surface area contributed by atoms with Gasteiger partial charge >= 0.3 is 0 Å². The molecule has 2 nitrogen and oxygen atoms in total. The van der Waals surface area contributed by atoms with E-state index in [1.807, 2.05) is 42.5 Å². The minimum Gasteiger partial charge on any atom is -0.223 e. The van der Waals surface area contributed by atoms with Gasteiger partial charge in [0, 0.05) is 21.7 Å². The molecule has 1 fully saturated rings. The third kappa shape index (κ3) is 3.01. The van der Waals surface area contributed by atoms with Crippen LogP contribution in [0.4, 0.5) is 0 Å². The molecular formula is C20H15Cl3O2S. The van der Waals surface area contributed by atoms with Crippen LogP contribution in [0, 0.1) is 5.92 Å². The second-order valence-corrected chi connectivity index (χ2v) is 10.5. The van der Waals surface area contributed by atoms with Crippen molar-refractivity contribution >= 4 is 55.4 Å². The summed E-state index contributed by atoms with van der Waals surface area (Å²) in [6, 6.07) is 19.5. The maximum absolute atomic E-state index is 13.7. The Morgan fingerprint density at radius 2 is 1.46 bits per heavy atom. The van der Waals surface area contributed by atoms with Crippen molar-refractivity contribution in [3.05, 3.63) is 77.3 Å². The molecule has 0 N–H and O–H groups in total. The standard InChI is InChI=1S/C20H15Cl3O2S/c21-17-10-11-18(15-9-5-4-8-14(15)17)26(24,25)19(16-12-20(16,22)23)13-6-2-1-3-7-13/h1-11,16,19H,12H2. The van der Waals surface area contributed by atoms with E-state index in [0.29, 0.717) is 27.8 Å². The van der Waals surface area contributed by atoms with Gasteiger partial charge < -0.3 is 0 Å². The van der Waals surface area contributed by atoms with Gasteiger partial charge in [-0.05, 0) is 24.1 Å². The summed E-state index contributed by atoms with van der Waals surface area (Å²) in [7, 11) is -3.73. The third-order valence-electron chi connectivity index (χ3n) is 4.84. The number of benzene rings is 3. The van der Waals surface area contributed by atoms with Gasteiger partial charge in [0.2, 0.25) is 0 Å². The van der Waals surface area contributed by atoms with Crippen LogP contribution >= 0.6 is 34.8 Å². The summed E-state index contributed by atoms with van der Waals surface area (Å²) < 4.78 is 26.3. The second kappa shape index (κ2) is 6.42. The Bertz CT molecular complexity index is 1080. The SMILES string of the molecule is O=S(=O)(c1ccc(Cl)c2ccccc12)C(c1ccccc1)C1CC1(Cl)Cl. The molecule has 134 valence electrons. The minimum atomic E-state index is -3.73. The highest BCUT2D eigenvalue weighted by atomic mass is 35.5. The highest BCUT2D eigenvalue weighted by Crippen LogP contribution is 2.61. The molecule has 0 spiro atoms. The van der Waals surface area contributed by atoms with E-state index in [0.717, 1.165) is 0 Å². The molecule has 0 bridgehead atoms. The molecule has 4 rings (SSSR count). The summed E-state index contributed by atoms with van der Waals surface area (Å²) in [6.45, 7) is 0. The van der Waals surface area contributed by atoms with Gasteiger partial charge in [-0.2, -0.15) is 0 Å². The Morgan fingerprint density at radius 1 is 0.885 bits per heavy atom. The Labute approximate surface area is 167 Å². The quantitative estimate of drug-likeness (QED) is 0.466. The number of hydrogen-bond donors (Lipinski definition) is 0. The van der Waals surface area contributed by atoms with Crippen LogP contribution in [0.5, 0.6) is 0 Å². The first kappa shape index (κ1) is 18.1. The van der Waals surface area contributed by atoms with Gasteiger partial charge in [-0.1, -0.05) is 66.2 Å². The zero-order valence-electron chi connectivity index (χ0n) is 13.6. The van der Waals surface area contributed by atoms with E-state index in [4.69, 9.17) is 34.8 Å². The predicted octanol–water partition coefficient (Wildman–Crippen LogP) is 6.20. The van der Waals surface area contributed by atoms with E-state index in [1.54, 1.807) is 24.3 Å². The number of rotatable bonds is 4. The molecule has 1 aliphatic carbocycles. The predicted molar refractivity (Wildman–Crippen MR) is 108 cm³/mol. The van der Waals surface area contributed by atoms with E-state index in [2.05, 4.69) is 0 Å². The van der Waals surface area contributed by atoms with Gasteiger partial charge in [0.15, 0.2) is 9.84 Å². The van der Waals surface area contributed by atoms with Gasteiger partial charge in [-0.3, -0.25) is 0 Å². The molecule has 26 heavy (non-hydrogen) atoms. The van der Waals surface area contributed by atoms with Crippen LogP contribution in [0.15, 0.2) is 71.6 Å². The second-order valence-electron chi connectivity index (χ2n) is 6.54. The highest BCUT2D eigenvalue weighted by molar-refractivity contribution is 7.92. The average Bonchev–Trinajstić information content (AvgIpc) is 3.23. The largest absolute Gasteiger partial charge is 0.223 e. The molecule has 0 radical (unpaired) electrons. The van der Waals surface area contributed by atoms with Crippen molar-refractivity contribution in [1.29, 1.82) is 0 Å². The molecule has 2 unspecified atom stereocenters. The van der Waals surface area contributed by atoms with Crippen molar-refractivity contribution in [1.82, 2.24) is 0 Å². The van der Waals surface area contributed by atoms with E-state index >= 15 is 0 Å². The van der Waals surface area contributed by atoms with E-state index < -0.39 is 19.4 Å². The zero-order chi connectivity index (χ0) is 18.5. The zero-order valence-corrected chi connectivity index (χ0v) is 16.7. The fourth-order valence-corrected chi connectivity index (χ4v) is 6.71. The van der Waals surface area contributed by atoms with Gasteiger partial charge in [0.1, 0.15) is 4.33 Å². The van der Waals surface area contributed by atoms with Gasteiger partial charge in [0.25, 0.3) is 0 Å². The van der Waals surface area contributed by atoms with Gasteiger partial charge in [-0.25, -0.2) is 8.42 Å². The third-order valence-corrected chi connectivity index (χ3v) is 8.28. The monoisotopic (exact) mass is 424 g/mol. The molecular weight excluding hydrogens is 411 g/mol. The first-order valence-electron chi connectivity index (χ1n) is 8.16. The first-order valence-corrected chi connectivity index (χ1v) is 10.8. The Hall–Kier alpha value is -1.26. The maximum Gasteiger partial charge on any atom is 0.186 e. The lowest BCUT2D eigenvalue weighted by Gasteiger charge is -2.20. The highest BCUT2D eigenvalue weighted by Gasteiger charge is 2.59. The summed E-state index contributed by atoms with van der Waals surface area (Å²) in [5.74, 6) is -0.354. The van der Waals surface area contributed by atoms with Crippen molar-refractivity contribution in [2.75, 3.05) is 0 Å². The van der Waals surface area contributed by atoms with Crippen LogP contribution in [0.25, 0.3) is 10.8 Å². The summed E-state index contributed by atoms with van der Waals surface area (Å²) in [5.41, 5.74) is 0.694. The average molecular weight is 426 g/mol. The van der Waals surface area contributed by atoms with Crippen LogP contribution in [-0.2, 0) is 9.84 Å². The molecule has 2 atom stereocenters. The Balaban J connectivity index is 1.93. The number of alkyl halides is 2. The summed E-state index contributed by atoms with van der Waals surface area (Å²) in [4.78, 5) is 0.252.